The molecule has 1 aliphatic heterocycles. The Morgan fingerprint density at radius 1 is 1.31 bits per heavy atom. The molecule has 1 heterocycles. The number of nitrogens with one attached hydrogen (secondary N) is 2. The first-order valence-corrected chi connectivity index (χ1v) is 9.64. The van der Waals surface area contributed by atoms with Crippen LogP contribution in [-0.4, -0.2) is 51.9 Å². The molecular formula is C20H33IN4O. The fourth-order valence-electron chi connectivity index (χ4n) is 3.31. The number of guanidine groups is 1. The maximum atomic E-state index is 5.67. The van der Waals surface area contributed by atoms with E-state index in [0.29, 0.717) is 6.04 Å². The molecule has 0 spiro atoms. The number of anilines is 1. The van der Waals surface area contributed by atoms with E-state index in [2.05, 4.69) is 51.7 Å². The van der Waals surface area contributed by atoms with Crippen molar-refractivity contribution in [2.45, 2.75) is 38.6 Å². The van der Waals surface area contributed by atoms with Gasteiger partial charge in [0.1, 0.15) is 0 Å². The van der Waals surface area contributed by atoms with Gasteiger partial charge in [-0.3, -0.25) is 4.99 Å². The van der Waals surface area contributed by atoms with Gasteiger partial charge in [-0.05, 0) is 50.2 Å². The third-order valence-corrected chi connectivity index (χ3v) is 5.05. The summed E-state index contributed by atoms with van der Waals surface area (Å²) in [6, 6.07) is 9.16. The van der Waals surface area contributed by atoms with E-state index in [-0.39, 0.29) is 24.0 Å². The SMILES string of the molecule is CN=C(NCCCOCC1CC1)NCC(C)N1CCc2ccccc21.I. The van der Waals surface area contributed by atoms with Gasteiger partial charge in [0.2, 0.25) is 0 Å². The summed E-state index contributed by atoms with van der Waals surface area (Å²) >= 11 is 0. The predicted octanol–water partition coefficient (Wildman–Crippen LogP) is 3.04. The van der Waals surface area contributed by atoms with Crippen LogP contribution in [0.1, 0.15) is 31.7 Å². The number of aliphatic imine (C=N–C) groups is 1. The third kappa shape index (κ3) is 6.30. The fourth-order valence-corrected chi connectivity index (χ4v) is 3.31. The summed E-state index contributed by atoms with van der Waals surface area (Å²) in [5.41, 5.74) is 2.84. The average Bonchev–Trinajstić information content (AvgIpc) is 3.36. The van der Waals surface area contributed by atoms with Crippen molar-refractivity contribution in [3.8, 4) is 0 Å². The highest BCUT2D eigenvalue weighted by atomic mass is 127. The quantitative estimate of drug-likeness (QED) is 0.251. The monoisotopic (exact) mass is 472 g/mol. The lowest BCUT2D eigenvalue weighted by Gasteiger charge is -2.28. The Morgan fingerprint density at radius 2 is 2.12 bits per heavy atom. The van der Waals surface area contributed by atoms with Crippen LogP contribution in [0.4, 0.5) is 5.69 Å². The molecule has 146 valence electrons. The van der Waals surface area contributed by atoms with Gasteiger partial charge in [0.15, 0.2) is 5.96 Å². The molecular weight excluding hydrogens is 439 g/mol. The minimum Gasteiger partial charge on any atom is -0.381 e. The Bertz CT molecular complexity index is 577. The van der Waals surface area contributed by atoms with Crippen LogP contribution in [0.3, 0.4) is 0 Å². The van der Waals surface area contributed by atoms with Crippen molar-refractivity contribution in [3.05, 3.63) is 29.8 Å². The summed E-state index contributed by atoms with van der Waals surface area (Å²) in [6.45, 7) is 6.93. The normalized spacial score (nSPS) is 17.5. The molecule has 1 aliphatic carbocycles. The molecule has 0 aromatic heterocycles. The number of hydrogen-bond acceptors (Lipinski definition) is 3. The van der Waals surface area contributed by atoms with Crippen LogP contribution in [0.2, 0.25) is 0 Å². The number of benzene rings is 1. The third-order valence-electron chi connectivity index (χ3n) is 5.05. The second-order valence-corrected chi connectivity index (χ2v) is 7.17. The lowest BCUT2D eigenvalue weighted by Crippen LogP contribution is -2.46. The molecule has 26 heavy (non-hydrogen) atoms. The molecule has 1 saturated carbocycles. The summed E-state index contributed by atoms with van der Waals surface area (Å²) in [6.07, 6.45) is 4.87. The second-order valence-electron chi connectivity index (χ2n) is 7.17. The average molecular weight is 472 g/mol. The van der Waals surface area contributed by atoms with E-state index in [1.807, 2.05) is 7.05 Å². The molecule has 2 N–H and O–H groups in total. The van der Waals surface area contributed by atoms with Gasteiger partial charge in [-0.15, -0.1) is 24.0 Å². The number of para-hydroxylation sites is 1. The van der Waals surface area contributed by atoms with E-state index in [1.165, 1.54) is 24.1 Å². The second kappa shape index (κ2) is 11.0. The first kappa shape index (κ1) is 21.3. The summed E-state index contributed by atoms with van der Waals surface area (Å²) in [5, 5.41) is 6.83. The highest BCUT2D eigenvalue weighted by molar-refractivity contribution is 14.0. The van der Waals surface area contributed by atoms with Crippen LogP contribution in [-0.2, 0) is 11.2 Å². The molecule has 3 rings (SSSR count). The lowest BCUT2D eigenvalue weighted by atomic mass is 10.2. The number of ether oxygens (including phenoxy) is 1. The number of halogens is 1. The molecule has 0 amide bonds. The maximum Gasteiger partial charge on any atom is 0.191 e. The zero-order valence-corrected chi connectivity index (χ0v) is 18.4. The van der Waals surface area contributed by atoms with Crippen LogP contribution >= 0.6 is 24.0 Å². The van der Waals surface area contributed by atoms with Crippen molar-refractivity contribution in [3.63, 3.8) is 0 Å². The van der Waals surface area contributed by atoms with Crippen molar-refractivity contribution in [2.24, 2.45) is 10.9 Å². The van der Waals surface area contributed by atoms with E-state index in [1.54, 1.807) is 0 Å². The van der Waals surface area contributed by atoms with Crippen molar-refractivity contribution in [1.29, 1.82) is 0 Å². The highest BCUT2D eigenvalue weighted by Gasteiger charge is 2.23. The molecule has 1 aromatic rings. The zero-order valence-electron chi connectivity index (χ0n) is 16.0. The topological polar surface area (TPSA) is 48.9 Å². The predicted molar refractivity (Wildman–Crippen MR) is 120 cm³/mol. The number of fused-ring (bicyclic) bond motifs is 1. The summed E-state index contributed by atoms with van der Waals surface area (Å²) in [7, 11) is 1.83. The van der Waals surface area contributed by atoms with Crippen molar-refractivity contribution in [1.82, 2.24) is 10.6 Å². The van der Waals surface area contributed by atoms with Crippen molar-refractivity contribution in [2.75, 3.05) is 44.8 Å². The Kier molecular flexibility index (Phi) is 8.98. The van der Waals surface area contributed by atoms with Gasteiger partial charge in [0.05, 0.1) is 0 Å². The molecule has 0 saturated heterocycles. The van der Waals surface area contributed by atoms with Gasteiger partial charge in [-0.25, -0.2) is 0 Å². The summed E-state index contributed by atoms with van der Waals surface area (Å²) in [4.78, 5) is 6.81. The molecule has 5 nitrogen and oxygen atoms in total. The van der Waals surface area contributed by atoms with Crippen molar-refractivity contribution >= 4 is 35.6 Å². The number of rotatable bonds is 9. The van der Waals surface area contributed by atoms with E-state index in [4.69, 9.17) is 4.74 Å². The van der Waals surface area contributed by atoms with Gasteiger partial charge in [-0.2, -0.15) is 0 Å². The molecule has 1 atom stereocenters. The van der Waals surface area contributed by atoms with Gasteiger partial charge < -0.3 is 20.3 Å². The van der Waals surface area contributed by atoms with Crippen LogP contribution in [0.5, 0.6) is 0 Å². The minimum absolute atomic E-state index is 0. The van der Waals surface area contributed by atoms with E-state index < -0.39 is 0 Å². The Hall–Kier alpha value is -1.02. The van der Waals surface area contributed by atoms with Crippen LogP contribution in [0.25, 0.3) is 0 Å². The Balaban J connectivity index is 0.00000243. The Labute approximate surface area is 175 Å². The van der Waals surface area contributed by atoms with E-state index in [0.717, 1.165) is 57.6 Å². The van der Waals surface area contributed by atoms with Gasteiger partial charge in [-0.1, -0.05) is 18.2 Å². The van der Waals surface area contributed by atoms with Crippen LogP contribution < -0.4 is 15.5 Å². The molecule has 6 heteroatoms. The smallest absolute Gasteiger partial charge is 0.191 e. The fraction of sp³-hybridized carbons (Fsp3) is 0.650. The van der Waals surface area contributed by atoms with Crippen molar-refractivity contribution < 1.29 is 4.74 Å². The molecule has 1 fully saturated rings. The van der Waals surface area contributed by atoms with Gasteiger partial charge in [0, 0.05) is 51.6 Å². The zero-order chi connectivity index (χ0) is 17.5. The minimum atomic E-state index is 0. The van der Waals surface area contributed by atoms with Gasteiger partial charge in [0.25, 0.3) is 0 Å². The number of hydrogen-bond donors (Lipinski definition) is 2. The summed E-state index contributed by atoms with van der Waals surface area (Å²) in [5.74, 6) is 1.72. The molecule has 1 aromatic carbocycles. The maximum absolute atomic E-state index is 5.67. The highest BCUT2D eigenvalue weighted by Crippen LogP contribution is 2.29. The first-order chi connectivity index (χ1) is 12.3. The standard InChI is InChI=1S/C20H32N4O.HI/c1-16(24-12-10-18-6-3-4-7-19(18)24)14-23-20(21-2)22-11-5-13-25-15-17-8-9-17;/h3-4,6-7,16-17H,5,8-15H2,1-2H3,(H2,21,22,23);1H. The Morgan fingerprint density at radius 3 is 2.88 bits per heavy atom. The summed E-state index contributed by atoms with van der Waals surface area (Å²) < 4.78 is 5.67. The molecule has 2 aliphatic rings. The lowest BCUT2D eigenvalue weighted by molar-refractivity contribution is 0.123. The molecule has 0 bridgehead atoms. The number of nitrogens with zero attached hydrogens (tertiary/aromatic N) is 2. The van der Waals surface area contributed by atoms with E-state index in [9.17, 15) is 0 Å². The molecule has 1 unspecified atom stereocenters. The van der Waals surface area contributed by atoms with Gasteiger partial charge >= 0.3 is 0 Å². The molecule has 0 radical (unpaired) electrons. The first-order valence-electron chi connectivity index (χ1n) is 9.64. The largest absolute Gasteiger partial charge is 0.381 e. The van der Waals surface area contributed by atoms with E-state index >= 15 is 0 Å². The van der Waals surface area contributed by atoms with Crippen LogP contribution in [0, 0.1) is 5.92 Å². The van der Waals surface area contributed by atoms with Crippen LogP contribution in [0.15, 0.2) is 29.3 Å².